The Kier molecular flexibility index (Phi) is 4.10. The van der Waals surface area contributed by atoms with Gasteiger partial charge in [0.25, 0.3) is 0 Å². The Morgan fingerprint density at radius 3 is 2.47 bits per heavy atom. The number of nitrogens with one attached hydrogen (secondary N) is 1. The van der Waals surface area contributed by atoms with Crippen molar-refractivity contribution < 1.29 is 0 Å². The molecule has 1 N–H and O–H groups in total. The molecule has 0 spiro atoms. The van der Waals surface area contributed by atoms with Crippen LogP contribution < -0.4 is 10.2 Å². The summed E-state index contributed by atoms with van der Waals surface area (Å²) < 4.78 is 1.15. The largest absolute Gasteiger partial charge is 0.368 e. The van der Waals surface area contributed by atoms with Gasteiger partial charge in [0.2, 0.25) is 0 Å². The molecule has 1 heterocycles. The van der Waals surface area contributed by atoms with Crippen LogP contribution in [0, 0.1) is 0 Å². The molecular weight excluding hydrogens is 276 g/mol. The Morgan fingerprint density at radius 1 is 1.24 bits per heavy atom. The van der Waals surface area contributed by atoms with Crippen LogP contribution in [-0.4, -0.2) is 25.2 Å². The molecule has 0 atom stereocenters. The molecule has 1 saturated heterocycles. The van der Waals surface area contributed by atoms with Gasteiger partial charge in [-0.15, -0.1) is 0 Å². The molecule has 1 fully saturated rings. The maximum atomic E-state index is 3.69. The third-order valence-corrected chi connectivity index (χ3v) is 4.45. The lowest BCUT2D eigenvalue weighted by Gasteiger charge is -2.44. The van der Waals surface area contributed by atoms with Gasteiger partial charge in [-0.1, -0.05) is 29.8 Å². The Labute approximate surface area is 113 Å². The van der Waals surface area contributed by atoms with Crippen LogP contribution in [0.3, 0.4) is 0 Å². The summed E-state index contributed by atoms with van der Waals surface area (Å²) in [5.74, 6) is 0. The van der Waals surface area contributed by atoms with E-state index in [0.29, 0.717) is 5.54 Å². The van der Waals surface area contributed by atoms with E-state index in [1.807, 2.05) is 0 Å². The second kappa shape index (κ2) is 5.40. The molecule has 1 aliphatic heterocycles. The first-order valence-electron chi connectivity index (χ1n) is 6.44. The highest BCUT2D eigenvalue weighted by Crippen LogP contribution is 2.25. The summed E-state index contributed by atoms with van der Waals surface area (Å²) in [6.45, 7) is 7.85. The summed E-state index contributed by atoms with van der Waals surface area (Å²) in [6.07, 6.45) is 2.38. The number of anilines is 1. The molecule has 0 saturated carbocycles. The van der Waals surface area contributed by atoms with Gasteiger partial charge in [-0.3, -0.25) is 0 Å². The van der Waals surface area contributed by atoms with Crippen molar-refractivity contribution in [3.63, 3.8) is 0 Å². The number of piperazine rings is 1. The lowest BCUT2D eigenvalue weighted by atomic mass is 9.90. The number of benzene rings is 1. The smallest absolute Gasteiger partial charge is 0.0368 e. The van der Waals surface area contributed by atoms with Crippen LogP contribution in [0.2, 0.25) is 0 Å². The number of hydrogen-bond donors (Lipinski definition) is 1. The highest BCUT2D eigenvalue weighted by Gasteiger charge is 2.31. The van der Waals surface area contributed by atoms with Crippen LogP contribution in [0.1, 0.15) is 26.7 Å². The Morgan fingerprint density at radius 2 is 1.88 bits per heavy atom. The van der Waals surface area contributed by atoms with Gasteiger partial charge >= 0.3 is 0 Å². The Hall–Kier alpha value is -0.540. The topological polar surface area (TPSA) is 15.3 Å². The average Bonchev–Trinajstić information content (AvgIpc) is 2.39. The zero-order chi connectivity index (χ0) is 12.3. The average molecular weight is 297 g/mol. The maximum Gasteiger partial charge on any atom is 0.0368 e. The quantitative estimate of drug-likeness (QED) is 0.919. The van der Waals surface area contributed by atoms with Gasteiger partial charge in [-0.25, -0.2) is 0 Å². The molecule has 2 nitrogen and oxygen atoms in total. The summed E-state index contributed by atoms with van der Waals surface area (Å²) in [4.78, 5) is 2.50. The minimum atomic E-state index is 0.297. The lowest BCUT2D eigenvalue weighted by Crippen LogP contribution is -2.60. The van der Waals surface area contributed by atoms with Crippen molar-refractivity contribution in [3.05, 3.63) is 28.7 Å². The number of nitrogens with zero attached hydrogens (tertiary/aromatic N) is 1. The van der Waals surface area contributed by atoms with Crippen molar-refractivity contribution in [3.8, 4) is 0 Å². The summed E-state index contributed by atoms with van der Waals surface area (Å²) in [5, 5.41) is 3.69. The van der Waals surface area contributed by atoms with E-state index < -0.39 is 0 Å². The molecule has 1 aromatic rings. The summed E-state index contributed by atoms with van der Waals surface area (Å²) in [6, 6.07) is 8.64. The van der Waals surface area contributed by atoms with E-state index in [-0.39, 0.29) is 0 Å². The third-order valence-electron chi connectivity index (χ3n) is 3.92. The van der Waals surface area contributed by atoms with Gasteiger partial charge in [0.05, 0.1) is 0 Å². The van der Waals surface area contributed by atoms with Gasteiger partial charge in [0.1, 0.15) is 0 Å². The van der Waals surface area contributed by atoms with Gasteiger partial charge in [-0.2, -0.15) is 0 Å². The number of halogens is 1. The van der Waals surface area contributed by atoms with E-state index in [0.717, 1.165) is 24.1 Å². The molecule has 2 rings (SSSR count). The number of rotatable bonds is 3. The van der Waals surface area contributed by atoms with Crippen LogP contribution >= 0.6 is 15.9 Å². The second-order valence-electron chi connectivity index (χ2n) is 4.81. The van der Waals surface area contributed by atoms with Crippen molar-refractivity contribution in [2.45, 2.75) is 32.2 Å². The molecule has 0 aromatic heterocycles. The first kappa shape index (κ1) is 12.9. The van der Waals surface area contributed by atoms with Crippen LogP contribution in [0.4, 0.5) is 5.69 Å². The molecule has 1 aliphatic rings. The highest BCUT2D eigenvalue weighted by molar-refractivity contribution is 9.10. The van der Waals surface area contributed by atoms with E-state index in [1.165, 1.54) is 18.5 Å². The van der Waals surface area contributed by atoms with Crippen LogP contribution in [-0.2, 0) is 0 Å². The molecule has 0 aliphatic carbocycles. The maximum absolute atomic E-state index is 3.69. The first-order chi connectivity index (χ1) is 8.19. The van der Waals surface area contributed by atoms with Crippen molar-refractivity contribution in [1.82, 2.24) is 5.32 Å². The normalized spacial score (nSPS) is 19.4. The zero-order valence-corrected chi connectivity index (χ0v) is 12.3. The number of hydrogen-bond acceptors (Lipinski definition) is 2. The van der Waals surface area contributed by atoms with Gasteiger partial charge in [0.15, 0.2) is 0 Å². The SMILES string of the molecule is CCC1(CC)CN(c2ccc(Br)cc2)CCN1. The predicted molar refractivity (Wildman–Crippen MR) is 77.7 cm³/mol. The molecule has 94 valence electrons. The van der Waals surface area contributed by atoms with E-state index in [4.69, 9.17) is 0 Å². The standard InChI is InChI=1S/C14H21BrN2/c1-3-14(4-2)11-17(10-9-16-14)13-7-5-12(15)6-8-13/h5-8,16H,3-4,9-11H2,1-2H3. The third kappa shape index (κ3) is 2.83. The first-order valence-corrected chi connectivity index (χ1v) is 7.24. The van der Waals surface area contributed by atoms with Crippen LogP contribution in [0.5, 0.6) is 0 Å². The van der Waals surface area contributed by atoms with E-state index in [2.05, 4.69) is 64.3 Å². The van der Waals surface area contributed by atoms with Crippen molar-refractivity contribution in [1.29, 1.82) is 0 Å². The molecule has 0 radical (unpaired) electrons. The Bertz CT molecular complexity index is 357. The zero-order valence-electron chi connectivity index (χ0n) is 10.7. The fourth-order valence-corrected chi connectivity index (χ4v) is 2.82. The summed E-state index contributed by atoms with van der Waals surface area (Å²) >= 11 is 3.49. The van der Waals surface area contributed by atoms with Crippen molar-refractivity contribution in [2.75, 3.05) is 24.5 Å². The van der Waals surface area contributed by atoms with Crippen LogP contribution in [0.15, 0.2) is 28.7 Å². The fourth-order valence-electron chi connectivity index (χ4n) is 2.55. The summed E-state index contributed by atoms with van der Waals surface area (Å²) in [5.41, 5.74) is 1.63. The molecular formula is C14H21BrN2. The van der Waals surface area contributed by atoms with Gasteiger partial charge in [-0.05, 0) is 37.1 Å². The lowest BCUT2D eigenvalue weighted by molar-refractivity contribution is 0.277. The van der Waals surface area contributed by atoms with E-state index >= 15 is 0 Å². The van der Waals surface area contributed by atoms with Gasteiger partial charge in [0, 0.05) is 35.3 Å². The fraction of sp³-hybridized carbons (Fsp3) is 0.571. The van der Waals surface area contributed by atoms with Gasteiger partial charge < -0.3 is 10.2 Å². The molecule has 0 amide bonds. The van der Waals surface area contributed by atoms with E-state index in [9.17, 15) is 0 Å². The summed E-state index contributed by atoms with van der Waals surface area (Å²) in [7, 11) is 0. The molecule has 1 aromatic carbocycles. The van der Waals surface area contributed by atoms with Crippen molar-refractivity contribution >= 4 is 21.6 Å². The molecule has 3 heteroatoms. The molecule has 0 unspecified atom stereocenters. The minimum absolute atomic E-state index is 0.297. The van der Waals surface area contributed by atoms with Crippen LogP contribution in [0.25, 0.3) is 0 Å². The monoisotopic (exact) mass is 296 g/mol. The second-order valence-corrected chi connectivity index (χ2v) is 5.73. The highest BCUT2D eigenvalue weighted by atomic mass is 79.9. The minimum Gasteiger partial charge on any atom is -0.368 e. The molecule has 0 bridgehead atoms. The van der Waals surface area contributed by atoms with E-state index in [1.54, 1.807) is 0 Å². The van der Waals surface area contributed by atoms with Crippen molar-refractivity contribution in [2.24, 2.45) is 0 Å². The Balaban J connectivity index is 2.14. The molecule has 17 heavy (non-hydrogen) atoms. The predicted octanol–water partition coefficient (Wildman–Crippen LogP) is 3.42.